The van der Waals surface area contributed by atoms with Gasteiger partial charge in [0, 0.05) is 18.1 Å². The number of anilines is 1. The molecule has 5 nitrogen and oxygen atoms in total. The standard InChI is InChI=1S/C11H13N3O2S2/c1-14-8-9(7-12-14)18(15,16)13-10-5-3-4-6-11(10)17-2/h3-8,13H,1-2H3. The van der Waals surface area contributed by atoms with E-state index in [0.29, 0.717) is 5.69 Å². The monoisotopic (exact) mass is 283 g/mol. The third-order valence-corrected chi connectivity index (χ3v) is 4.46. The molecule has 7 heteroatoms. The molecule has 0 spiro atoms. The second-order valence-electron chi connectivity index (χ2n) is 3.66. The SMILES string of the molecule is CSc1ccccc1NS(=O)(=O)c1cnn(C)c1. The van der Waals surface area contributed by atoms with Crippen molar-refractivity contribution in [3.05, 3.63) is 36.7 Å². The van der Waals surface area contributed by atoms with Crippen LogP contribution in [0, 0.1) is 0 Å². The van der Waals surface area contributed by atoms with Crippen molar-refractivity contribution in [2.75, 3.05) is 11.0 Å². The molecule has 1 aromatic carbocycles. The van der Waals surface area contributed by atoms with Gasteiger partial charge in [0.1, 0.15) is 4.90 Å². The molecule has 0 aliphatic rings. The minimum absolute atomic E-state index is 0.154. The van der Waals surface area contributed by atoms with E-state index in [2.05, 4.69) is 9.82 Å². The van der Waals surface area contributed by atoms with E-state index in [0.717, 1.165) is 4.90 Å². The summed E-state index contributed by atoms with van der Waals surface area (Å²) in [5, 5.41) is 3.86. The highest BCUT2D eigenvalue weighted by Crippen LogP contribution is 2.26. The zero-order valence-corrected chi connectivity index (χ0v) is 11.6. The Kier molecular flexibility index (Phi) is 3.63. The van der Waals surface area contributed by atoms with Crippen LogP contribution in [-0.4, -0.2) is 24.5 Å². The van der Waals surface area contributed by atoms with Gasteiger partial charge in [-0.1, -0.05) is 12.1 Å². The Morgan fingerprint density at radius 2 is 2.06 bits per heavy atom. The molecule has 0 atom stereocenters. The van der Waals surface area contributed by atoms with Crippen LogP contribution in [0.1, 0.15) is 0 Å². The average molecular weight is 283 g/mol. The summed E-state index contributed by atoms with van der Waals surface area (Å²) in [6.45, 7) is 0. The number of sulfonamides is 1. The Balaban J connectivity index is 2.33. The zero-order chi connectivity index (χ0) is 13.2. The van der Waals surface area contributed by atoms with Crippen molar-refractivity contribution < 1.29 is 8.42 Å². The molecule has 0 unspecified atom stereocenters. The number of aromatic nitrogens is 2. The third kappa shape index (κ3) is 2.68. The van der Waals surface area contributed by atoms with E-state index >= 15 is 0 Å². The number of para-hydroxylation sites is 1. The first-order valence-corrected chi connectivity index (χ1v) is 7.88. The summed E-state index contributed by atoms with van der Waals surface area (Å²) in [5.74, 6) is 0. The van der Waals surface area contributed by atoms with Gasteiger partial charge in [-0.25, -0.2) is 8.42 Å². The summed E-state index contributed by atoms with van der Waals surface area (Å²) in [6.07, 6.45) is 4.69. The number of rotatable bonds is 4. The van der Waals surface area contributed by atoms with Crippen molar-refractivity contribution in [2.24, 2.45) is 7.05 Å². The Labute approximate surface area is 110 Å². The van der Waals surface area contributed by atoms with Crippen LogP contribution in [0.15, 0.2) is 46.5 Å². The fourth-order valence-corrected chi connectivity index (χ4v) is 3.15. The fourth-order valence-electron chi connectivity index (χ4n) is 1.47. The quantitative estimate of drug-likeness (QED) is 0.871. The number of hydrogen-bond donors (Lipinski definition) is 1. The summed E-state index contributed by atoms with van der Waals surface area (Å²) in [4.78, 5) is 1.03. The summed E-state index contributed by atoms with van der Waals surface area (Å²) in [7, 11) is -1.90. The molecule has 2 aromatic rings. The normalized spacial score (nSPS) is 11.4. The minimum atomic E-state index is -3.57. The molecule has 0 aliphatic carbocycles. The molecular formula is C11H13N3O2S2. The average Bonchev–Trinajstić information content (AvgIpc) is 2.77. The molecule has 0 aliphatic heterocycles. The number of hydrogen-bond acceptors (Lipinski definition) is 4. The molecule has 0 radical (unpaired) electrons. The lowest BCUT2D eigenvalue weighted by molar-refractivity contribution is 0.601. The Morgan fingerprint density at radius 1 is 1.33 bits per heavy atom. The zero-order valence-electron chi connectivity index (χ0n) is 9.99. The van der Waals surface area contributed by atoms with Gasteiger partial charge in [-0.15, -0.1) is 11.8 Å². The van der Waals surface area contributed by atoms with E-state index < -0.39 is 10.0 Å². The van der Waals surface area contributed by atoms with Crippen LogP contribution in [0.3, 0.4) is 0 Å². The molecule has 1 N–H and O–H groups in total. The van der Waals surface area contributed by atoms with Crippen molar-refractivity contribution in [2.45, 2.75) is 9.79 Å². The first kappa shape index (κ1) is 13.0. The van der Waals surface area contributed by atoms with Crippen molar-refractivity contribution in [3.63, 3.8) is 0 Å². The largest absolute Gasteiger partial charge is 0.278 e. The van der Waals surface area contributed by atoms with Crippen LogP contribution >= 0.6 is 11.8 Å². The third-order valence-electron chi connectivity index (χ3n) is 2.34. The maximum Gasteiger partial charge on any atom is 0.265 e. The van der Waals surface area contributed by atoms with Gasteiger partial charge in [0.25, 0.3) is 10.0 Å². The van der Waals surface area contributed by atoms with Crippen LogP contribution in [0.2, 0.25) is 0 Å². The van der Waals surface area contributed by atoms with E-state index in [4.69, 9.17) is 0 Å². The van der Waals surface area contributed by atoms with Crippen LogP contribution in [-0.2, 0) is 17.1 Å². The van der Waals surface area contributed by atoms with Gasteiger partial charge in [0.2, 0.25) is 0 Å². The second kappa shape index (κ2) is 5.03. The van der Waals surface area contributed by atoms with Gasteiger partial charge >= 0.3 is 0 Å². The molecule has 0 amide bonds. The number of aryl methyl sites for hydroxylation is 1. The van der Waals surface area contributed by atoms with Crippen LogP contribution in [0.25, 0.3) is 0 Å². The molecule has 18 heavy (non-hydrogen) atoms. The van der Waals surface area contributed by atoms with Gasteiger partial charge in [0.15, 0.2) is 0 Å². The van der Waals surface area contributed by atoms with Crippen molar-refractivity contribution >= 4 is 27.5 Å². The van der Waals surface area contributed by atoms with Gasteiger partial charge < -0.3 is 0 Å². The van der Waals surface area contributed by atoms with Gasteiger partial charge in [0.05, 0.1) is 11.9 Å². The van der Waals surface area contributed by atoms with E-state index in [1.165, 1.54) is 28.8 Å². The molecule has 0 fully saturated rings. The summed E-state index contributed by atoms with van der Waals surface area (Å²) >= 11 is 1.49. The maximum atomic E-state index is 12.1. The smallest absolute Gasteiger partial charge is 0.265 e. The summed E-state index contributed by atoms with van der Waals surface area (Å²) in [6, 6.07) is 7.26. The fraction of sp³-hybridized carbons (Fsp3) is 0.182. The van der Waals surface area contributed by atoms with E-state index in [9.17, 15) is 8.42 Å². The predicted octanol–water partition coefficient (Wildman–Crippen LogP) is 1.94. The lowest BCUT2D eigenvalue weighted by atomic mass is 10.3. The first-order chi connectivity index (χ1) is 8.53. The summed E-state index contributed by atoms with van der Waals surface area (Å²) < 4.78 is 28.2. The topological polar surface area (TPSA) is 64.0 Å². The van der Waals surface area contributed by atoms with E-state index in [1.54, 1.807) is 19.2 Å². The van der Waals surface area contributed by atoms with Crippen LogP contribution < -0.4 is 4.72 Å². The Bertz CT molecular complexity index is 650. The number of nitrogens with one attached hydrogen (secondary N) is 1. The van der Waals surface area contributed by atoms with Crippen LogP contribution in [0.5, 0.6) is 0 Å². The van der Waals surface area contributed by atoms with Crippen molar-refractivity contribution in [1.29, 1.82) is 0 Å². The molecular weight excluding hydrogens is 270 g/mol. The molecule has 1 heterocycles. The highest BCUT2D eigenvalue weighted by atomic mass is 32.2. The Hall–Kier alpha value is -1.47. The van der Waals surface area contributed by atoms with E-state index in [1.807, 2.05) is 18.4 Å². The van der Waals surface area contributed by atoms with E-state index in [-0.39, 0.29) is 4.90 Å². The molecule has 96 valence electrons. The number of nitrogens with zero attached hydrogens (tertiary/aromatic N) is 2. The molecule has 0 saturated carbocycles. The van der Waals surface area contributed by atoms with Crippen LogP contribution in [0.4, 0.5) is 5.69 Å². The lowest BCUT2D eigenvalue weighted by Gasteiger charge is -2.09. The molecule has 2 rings (SSSR count). The van der Waals surface area contributed by atoms with Gasteiger partial charge in [-0.05, 0) is 18.4 Å². The lowest BCUT2D eigenvalue weighted by Crippen LogP contribution is -2.12. The molecule has 0 saturated heterocycles. The highest BCUT2D eigenvalue weighted by Gasteiger charge is 2.17. The van der Waals surface area contributed by atoms with Gasteiger partial charge in [-0.3, -0.25) is 9.40 Å². The highest BCUT2D eigenvalue weighted by molar-refractivity contribution is 7.99. The molecule has 0 bridgehead atoms. The Morgan fingerprint density at radius 3 is 2.67 bits per heavy atom. The summed E-state index contributed by atoms with van der Waals surface area (Å²) in [5.41, 5.74) is 0.578. The first-order valence-electron chi connectivity index (χ1n) is 5.17. The van der Waals surface area contributed by atoms with Crippen molar-refractivity contribution in [3.8, 4) is 0 Å². The van der Waals surface area contributed by atoms with Gasteiger partial charge in [-0.2, -0.15) is 5.10 Å². The molecule has 1 aromatic heterocycles. The van der Waals surface area contributed by atoms with Crippen molar-refractivity contribution in [1.82, 2.24) is 9.78 Å². The predicted molar refractivity (Wildman–Crippen MR) is 72.2 cm³/mol. The second-order valence-corrected chi connectivity index (χ2v) is 6.19. The number of thioether (sulfide) groups is 1. The maximum absolute atomic E-state index is 12.1. The minimum Gasteiger partial charge on any atom is -0.278 e. The number of benzene rings is 1.